The van der Waals surface area contributed by atoms with Crippen LogP contribution in [0.15, 0.2) is 36.4 Å². The number of primary amides is 1. The molecule has 10 nitrogen and oxygen atoms in total. The lowest BCUT2D eigenvalue weighted by Gasteiger charge is -2.29. The number of hydrogen-bond donors (Lipinski definition) is 3. The molecule has 3 aliphatic rings. The summed E-state index contributed by atoms with van der Waals surface area (Å²) in [7, 11) is 3.06. The quantitative estimate of drug-likeness (QED) is 0.473. The predicted octanol–water partition coefficient (Wildman–Crippen LogP) is 1.20. The smallest absolute Gasteiger partial charge is 0.250 e. The van der Waals surface area contributed by atoms with Gasteiger partial charge in [-0.1, -0.05) is 17.7 Å². The van der Waals surface area contributed by atoms with Crippen LogP contribution in [0.1, 0.15) is 17.5 Å². The molecule has 2 fully saturated rings. The summed E-state index contributed by atoms with van der Waals surface area (Å²) in [5.74, 6) is -2.90. The van der Waals surface area contributed by atoms with Gasteiger partial charge in [-0.25, -0.2) is 0 Å². The second-order valence-electron chi connectivity index (χ2n) is 9.14. The van der Waals surface area contributed by atoms with Gasteiger partial charge in [-0.2, -0.15) is 0 Å². The van der Waals surface area contributed by atoms with E-state index in [1.165, 1.54) is 19.1 Å². The second kappa shape index (κ2) is 8.79. The number of fused-ring (bicyclic) bond motifs is 4. The molecular formula is C25H25ClN4O6. The first kappa shape index (κ1) is 24.1. The Bertz CT molecular complexity index is 1300. The number of imide groups is 1. The van der Waals surface area contributed by atoms with E-state index in [1.807, 2.05) is 6.07 Å². The zero-order chi connectivity index (χ0) is 25.8. The predicted molar refractivity (Wildman–Crippen MR) is 129 cm³/mol. The minimum atomic E-state index is -1.53. The maximum Gasteiger partial charge on any atom is 0.250 e. The van der Waals surface area contributed by atoms with Gasteiger partial charge >= 0.3 is 0 Å². The Morgan fingerprint density at radius 2 is 1.83 bits per heavy atom. The van der Waals surface area contributed by atoms with Crippen molar-refractivity contribution in [3.05, 3.63) is 52.5 Å². The first-order chi connectivity index (χ1) is 17.2. The molecule has 0 radical (unpaired) electrons. The Morgan fingerprint density at radius 1 is 1.08 bits per heavy atom. The molecule has 36 heavy (non-hydrogen) atoms. The lowest BCUT2D eigenvalue weighted by atomic mass is 9.76. The third-order valence-electron chi connectivity index (χ3n) is 7.26. The number of nitrogens with zero attached hydrogens (tertiary/aromatic N) is 1. The van der Waals surface area contributed by atoms with E-state index in [4.69, 9.17) is 26.8 Å². The van der Waals surface area contributed by atoms with Crippen LogP contribution in [-0.4, -0.2) is 55.3 Å². The van der Waals surface area contributed by atoms with Gasteiger partial charge in [0, 0.05) is 35.3 Å². The second-order valence-corrected chi connectivity index (χ2v) is 9.58. The zero-order valence-corrected chi connectivity index (χ0v) is 20.4. The molecule has 3 heterocycles. The highest BCUT2D eigenvalue weighted by molar-refractivity contribution is 6.31. The minimum Gasteiger partial charge on any atom is -0.493 e. The van der Waals surface area contributed by atoms with Gasteiger partial charge in [-0.15, -0.1) is 0 Å². The Kier molecular flexibility index (Phi) is 5.88. The molecule has 3 aliphatic heterocycles. The van der Waals surface area contributed by atoms with Gasteiger partial charge < -0.3 is 20.5 Å². The van der Waals surface area contributed by atoms with Crippen LogP contribution >= 0.6 is 11.6 Å². The minimum absolute atomic E-state index is 0.101. The average molecular weight is 513 g/mol. The van der Waals surface area contributed by atoms with Gasteiger partial charge in [0.05, 0.1) is 26.1 Å². The number of halogens is 1. The molecule has 2 aromatic rings. The Labute approximate surface area is 212 Å². The van der Waals surface area contributed by atoms with Crippen molar-refractivity contribution in [2.24, 2.45) is 17.6 Å². The normalized spacial score (nSPS) is 26.2. The fourth-order valence-electron chi connectivity index (χ4n) is 5.72. The number of carbonyl (C=O) groups is 4. The highest BCUT2D eigenvalue weighted by atomic mass is 35.5. The SMILES string of the molecule is COc1ccc(CCN2C(=O)C3C(CC(N)=O)NC4(C(=O)Nc5ccc(Cl)cc54)C3C2=O)cc1OC. The largest absolute Gasteiger partial charge is 0.493 e. The number of methoxy groups -OCH3 is 2. The standard InChI is InChI=1S/C25H25ClN4O6/c1-35-17-6-3-12(9-18(17)36-2)7-8-30-22(32)20-16(11-19(27)31)29-25(21(20)23(30)33)14-10-13(26)4-5-15(14)28-24(25)34/h3-6,9-10,16,20-21,29H,7-8,11H2,1-2H3,(H2,27,31)(H,28,34). The van der Waals surface area contributed by atoms with Crippen molar-refractivity contribution >= 4 is 40.9 Å². The molecule has 4 unspecified atom stereocenters. The van der Waals surface area contributed by atoms with Crippen molar-refractivity contribution in [1.29, 1.82) is 0 Å². The van der Waals surface area contributed by atoms with Crippen molar-refractivity contribution in [2.45, 2.75) is 24.4 Å². The molecule has 4 atom stereocenters. The number of benzene rings is 2. The van der Waals surface area contributed by atoms with E-state index in [9.17, 15) is 19.2 Å². The number of hydrogen-bond acceptors (Lipinski definition) is 7. The number of carbonyl (C=O) groups excluding carboxylic acids is 4. The lowest BCUT2D eigenvalue weighted by Crippen LogP contribution is -2.53. The van der Waals surface area contributed by atoms with E-state index in [0.717, 1.165) is 5.56 Å². The third kappa shape index (κ3) is 3.51. The fraction of sp³-hybridized carbons (Fsp3) is 0.360. The molecule has 1 spiro atoms. The Morgan fingerprint density at radius 3 is 2.53 bits per heavy atom. The number of likely N-dealkylation sites (tertiary alicyclic amines) is 1. The maximum atomic E-state index is 13.8. The van der Waals surface area contributed by atoms with Gasteiger partial charge in [0.15, 0.2) is 11.5 Å². The zero-order valence-electron chi connectivity index (χ0n) is 19.7. The van der Waals surface area contributed by atoms with Crippen LogP contribution in [0.4, 0.5) is 5.69 Å². The van der Waals surface area contributed by atoms with Crippen molar-refractivity contribution in [2.75, 3.05) is 26.1 Å². The summed E-state index contributed by atoms with van der Waals surface area (Å²) in [6, 6.07) is 9.46. The number of amides is 4. The first-order valence-electron chi connectivity index (χ1n) is 11.4. The summed E-state index contributed by atoms with van der Waals surface area (Å²) in [6.07, 6.45) is 0.168. The van der Waals surface area contributed by atoms with Crippen LogP contribution in [0, 0.1) is 11.8 Å². The summed E-state index contributed by atoms with van der Waals surface area (Å²) in [5.41, 5.74) is 5.74. The average Bonchev–Trinajstić information content (AvgIpc) is 3.41. The highest BCUT2D eigenvalue weighted by Crippen LogP contribution is 2.53. The van der Waals surface area contributed by atoms with Gasteiger partial charge in [0.25, 0.3) is 0 Å². The number of ether oxygens (including phenoxy) is 2. The fourth-order valence-corrected chi connectivity index (χ4v) is 5.89. The van der Waals surface area contributed by atoms with Crippen molar-refractivity contribution < 1.29 is 28.7 Å². The number of nitrogens with two attached hydrogens (primary N) is 1. The van der Waals surface area contributed by atoms with Gasteiger partial charge in [-0.3, -0.25) is 29.4 Å². The summed E-state index contributed by atoms with van der Waals surface area (Å²) in [6.45, 7) is 0.101. The van der Waals surface area contributed by atoms with E-state index in [-0.39, 0.29) is 13.0 Å². The molecule has 0 aromatic heterocycles. The molecule has 188 valence electrons. The molecule has 0 aliphatic carbocycles. The third-order valence-corrected chi connectivity index (χ3v) is 7.50. The van der Waals surface area contributed by atoms with E-state index in [0.29, 0.717) is 34.2 Å². The number of rotatable bonds is 7. The molecular weight excluding hydrogens is 488 g/mol. The monoisotopic (exact) mass is 512 g/mol. The highest BCUT2D eigenvalue weighted by Gasteiger charge is 2.70. The molecule has 2 saturated heterocycles. The molecule has 5 rings (SSSR count). The molecule has 2 aromatic carbocycles. The van der Waals surface area contributed by atoms with Crippen molar-refractivity contribution in [3.63, 3.8) is 0 Å². The van der Waals surface area contributed by atoms with Crippen LogP contribution in [0.5, 0.6) is 11.5 Å². The van der Waals surface area contributed by atoms with Crippen LogP contribution in [0.25, 0.3) is 0 Å². The van der Waals surface area contributed by atoms with Gasteiger partial charge in [0.2, 0.25) is 23.6 Å². The van der Waals surface area contributed by atoms with Crippen LogP contribution in [0.3, 0.4) is 0 Å². The maximum absolute atomic E-state index is 13.8. The lowest BCUT2D eigenvalue weighted by molar-refractivity contribution is -0.142. The summed E-state index contributed by atoms with van der Waals surface area (Å²) in [5, 5.41) is 6.32. The van der Waals surface area contributed by atoms with Crippen LogP contribution in [-0.2, 0) is 31.1 Å². The molecule has 0 bridgehead atoms. The van der Waals surface area contributed by atoms with E-state index in [2.05, 4.69) is 10.6 Å². The topological polar surface area (TPSA) is 140 Å². The Balaban J connectivity index is 1.49. The number of anilines is 1. The summed E-state index contributed by atoms with van der Waals surface area (Å²) >= 11 is 6.23. The van der Waals surface area contributed by atoms with Crippen molar-refractivity contribution in [1.82, 2.24) is 10.2 Å². The molecule has 11 heteroatoms. The first-order valence-corrected chi connectivity index (χ1v) is 11.8. The van der Waals surface area contributed by atoms with Gasteiger partial charge in [-0.05, 0) is 42.3 Å². The van der Waals surface area contributed by atoms with E-state index < -0.39 is 47.0 Å². The molecule has 4 N–H and O–H groups in total. The van der Waals surface area contributed by atoms with Crippen LogP contribution < -0.4 is 25.8 Å². The van der Waals surface area contributed by atoms with Gasteiger partial charge in [0.1, 0.15) is 5.54 Å². The summed E-state index contributed by atoms with van der Waals surface area (Å²) < 4.78 is 10.6. The van der Waals surface area contributed by atoms with E-state index in [1.54, 1.807) is 30.3 Å². The summed E-state index contributed by atoms with van der Waals surface area (Å²) in [4.78, 5) is 53.7. The van der Waals surface area contributed by atoms with Crippen LogP contribution in [0.2, 0.25) is 5.02 Å². The van der Waals surface area contributed by atoms with E-state index >= 15 is 0 Å². The Hall–Kier alpha value is -3.63. The molecule has 4 amide bonds. The number of nitrogens with one attached hydrogen (secondary N) is 2. The molecule has 0 saturated carbocycles. The van der Waals surface area contributed by atoms with Crippen molar-refractivity contribution in [3.8, 4) is 11.5 Å².